The fraction of sp³-hybridized carbons (Fsp3) is 0.0833. The number of Topliss-reactive ketones (excluding diaryl/α,β-unsaturated/α-hetero) is 1. The lowest BCUT2D eigenvalue weighted by Crippen LogP contribution is -2.40. The minimum Gasteiger partial charge on any atom is -0.324 e. The number of benzene rings is 3. The Morgan fingerprint density at radius 2 is 1.42 bits per heavy atom. The standard InChI is InChI=1S/C24H20N2O4S/c1-17(27)25-22-20-14-8-9-15-21(20)31(29,30)26(16-18-10-4-2-5-11-18)23(22)24(28)19-12-6-3-7-13-19/h2-15H,16H2,1H3,(H,25,27). The van der Waals surface area contributed by atoms with Gasteiger partial charge in [0.1, 0.15) is 5.70 Å². The van der Waals surface area contributed by atoms with Crippen LogP contribution < -0.4 is 5.32 Å². The summed E-state index contributed by atoms with van der Waals surface area (Å²) in [6, 6.07) is 23.8. The van der Waals surface area contributed by atoms with Crippen molar-refractivity contribution in [2.45, 2.75) is 18.4 Å². The highest BCUT2D eigenvalue weighted by molar-refractivity contribution is 7.89. The summed E-state index contributed by atoms with van der Waals surface area (Å²) < 4.78 is 28.3. The van der Waals surface area contributed by atoms with Crippen molar-refractivity contribution < 1.29 is 18.0 Å². The van der Waals surface area contributed by atoms with Crippen molar-refractivity contribution in [3.63, 3.8) is 0 Å². The van der Waals surface area contributed by atoms with Crippen molar-refractivity contribution in [2.24, 2.45) is 0 Å². The summed E-state index contributed by atoms with van der Waals surface area (Å²) in [5, 5.41) is 2.71. The van der Waals surface area contributed by atoms with Crippen molar-refractivity contribution in [1.82, 2.24) is 9.62 Å². The van der Waals surface area contributed by atoms with Gasteiger partial charge in [0.05, 0.1) is 17.1 Å². The Hall–Kier alpha value is -3.71. The van der Waals surface area contributed by atoms with Crippen LogP contribution in [0.1, 0.15) is 28.4 Å². The number of rotatable bonds is 5. The lowest BCUT2D eigenvalue weighted by Gasteiger charge is -2.33. The maximum absolute atomic E-state index is 13.6. The van der Waals surface area contributed by atoms with Gasteiger partial charge in [-0.3, -0.25) is 13.9 Å². The molecule has 3 aromatic rings. The summed E-state index contributed by atoms with van der Waals surface area (Å²) in [5.74, 6) is -0.888. The predicted molar refractivity (Wildman–Crippen MR) is 117 cm³/mol. The van der Waals surface area contributed by atoms with E-state index in [-0.39, 0.29) is 22.8 Å². The topological polar surface area (TPSA) is 83.6 Å². The van der Waals surface area contributed by atoms with Gasteiger partial charge in [-0.1, -0.05) is 78.9 Å². The molecule has 3 aromatic carbocycles. The third kappa shape index (κ3) is 3.87. The first-order valence-electron chi connectivity index (χ1n) is 9.67. The summed E-state index contributed by atoms with van der Waals surface area (Å²) in [7, 11) is -4.05. The molecule has 0 radical (unpaired) electrons. The Balaban J connectivity index is 2.00. The van der Waals surface area contributed by atoms with Crippen LogP contribution in [0, 0.1) is 0 Å². The molecule has 1 amide bonds. The number of nitrogens with zero attached hydrogens (tertiary/aromatic N) is 1. The number of carbonyl (C=O) groups is 2. The van der Waals surface area contributed by atoms with Gasteiger partial charge < -0.3 is 5.32 Å². The molecule has 0 bridgehead atoms. The van der Waals surface area contributed by atoms with Gasteiger partial charge in [0, 0.05) is 18.1 Å². The van der Waals surface area contributed by atoms with E-state index in [9.17, 15) is 18.0 Å². The summed E-state index contributed by atoms with van der Waals surface area (Å²) in [4.78, 5) is 25.6. The maximum Gasteiger partial charge on any atom is 0.265 e. The molecule has 0 spiro atoms. The van der Waals surface area contributed by atoms with E-state index >= 15 is 0 Å². The van der Waals surface area contributed by atoms with Crippen molar-refractivity contribution in [3.8, 4) is 0 Å². The lowest BCUT2D eigenvalue weighted by atomic mass is 10.0. The van der Waals surface area contributed by atoms with Gasteiger partial charge in [0.15, 0.2) is 0 Å². The minimum absolute atomic E-state index is 0.0410. The number of hydrogen-bond donors (Lipinski definition) is 1. The molecule has 0 unspecified atom stereocenters. The molecule has 156 valence electrons. The number of hydrogen-bond acceptors (Lipinski definition) is 4. The van der Waals surface area contributed by atoms with Gasteiger partial charge in [-0.05, 0) is 11.6 Å². The second-order valence-electron chi connectivity index (χ2n) is 7.09. The maximum atomic E-state index is 13.6. The van der Waals surface area contributed by atoms with E-state index in [0.29, 0.717) is 16.7 Å². The van der Waals surface area contributed by atoms with E-state index in [2.05, 4.69) is 5.32 Å². The number of fused-ring (bicyclic) bond motifs is 1. The Morgan fingerprint density at radius 1 is 0.839 bits per heavy atom. The first kappa shape index (κ1) is 20.6. The Kier molecular flexibility index (Phi) is 5.44. The van der Waals surface area contributed by atoms with Crippen LogP contribution in [0.2, 0.25) is 0 Å². The SMILES string of the molecule is CC(=O)NC1=C(C(=O)c2ccccc2)N(Cc2ccccc2)S(=O)(=O)c2ccccc21. The molecule has 0 saturated heterocycles. The molecule has 1 heterocycles. The highest BCUT2D eigenvalue weighted by atomic mass is 32.2. The molecule has 0 aromatic heterocycles. The lowest BCUT2D eigenvalue weighted by molar-refractivity contribution is -0.117. The van der Waals surface area contributed by atoms with Gasteiger partial charge >= 0.3 is 0 Å². The molecule has 1 aliphatic rings. The first-order valence-corrected chi connectivity index (χ1v) is 11.1. The molecule has 0 saturated carbocycles. The molecule has 6 nitrogen and oxygen atoms in total. The Morgan fingerprint density at radius 3 is 2.06 bits per heavy atom. The van der Waals surface area contributed by atoms with Crippen molar-refractivity contribution in [3.05, 3.63) is 107 Å². The highest BCUT2D eigenvalue weighted by Crippen LogP contribution is 2.38. The van der Waals surface area contributed by atoms with Gasteiger partial charge in [-0.15, -0.1) is 0 Å². The largest absolute Gasteiger partial charge is 0.324 e. The third-order valence-electron chi connectivity index (χ3n) is 4.93. The second kappa shape index (κ2) is 8.20. The van der Waals surface area contributed by atoms with Crippen LogP contribution in [-0.2, 0) is 21.4 Å². The third-order valence-corrected chi connectivity index (χ3v) is 6.74. The van der Waals surface area contributed by atoms with Crippen LogP contribution in [-0.4, -0.2) is 24.4 Å². The number of sulfonamides is 1. The van der Waals surface area contributed by atoms with E-state index in [4.69, 9.17) is 0 Å². The number of amides is 1. The van der Waals surface area contributed by atoms with Crippen molar-refractivity contribution in [2.75, 3.05) is 0 Å². The van der Waals surface area contributed by atoms with Crippen LogP contribution >= 0.6 is 0 Å². The van der Waals surface area contributed by atoms with Crippen molar-refractivity contribution in [1.29, 1.82) is 0 Å². The average Bonchev–Trinajstić information content (AvgIpc) is 2.78. The quantitative estimate of drug-likeness (QED) is 0.625. The monoisotopic (exact) mass is 432 g/mol. The Bertz CT molecular complexity index is 1280. The number of ketones is 1. The molecule has 0 aliphatic carbocycles. The van der Waals surface area contributed by atoms with Gasteiger partial charge in [-0.2, -0.15) is 0 Å². The molecule has 7 heteroatoms. The van der Waals surface area contributed by atoms with Gasteiger partial charge in [0.25, 0.3) is 10.0 Å². The highest BCUT2D eigenvalue weighted by Gasteiger charge is 2.40. The molecule has 1 aliphatic heterocycles. The minimum atomic E-state index is -4.05. The molecular weight excluding hydrogens is 412 g/mol. The van der Waals surface area contributed by atoms with Crippen molar-refractivity contribution >= 4 is 27.4 Å². The smallest absolute Gasteiger partial charge is 0.265 e. The number of nitrogens with one attached hydrogen (secondary N) is 1. The second-order valence-corrected chi connectivity index (χ2v) is 8.92. The van der Waals surface area contributed by atoms with Crippen LogP contribution in [0.3, 0.4) is 0 Å². The van der Waals surface area contributed by atoms with E-state index in [1.165, 1.54) is 13.0 Å². The molecule has 0 atom stereocenters. The summed E-state index contributed by atoms with van der Waals surface area (Å²) in [6.45, 7) is 1.28. The fourth-order valence-corrected chi connectivity index (χ4v) is 5.23. The van der Waals surface area contributed by atoms with Crippen LogP contribution in [0.15, 0.2) is 95.5 Å². The summed E-state index contributed by atoms with van der Waals surface area (Å²) in [5.41, 5.74) is 1.44. The van der Waals surface area contributed by atoms with E-state index in [1.54, 1.807) is 72.8 Å². The number of carbonyl (C=O) groups excluding carboxylic acids is 2. The molecule has 1 N–H and O–H groups in total. The molecule has 0 fully saturated rings. The summed E-state index contributed by atoms with van der Waals surface area (Å²) >= 11 is 0. The van der Waals surface area contributed by atoms with E-state index < -0.39 is 21.7 Å². The van der Waals surface area contributed by atoms with Crippen LogP contribution in [0.4, 0.5) is 0 Å². The average molecular weight is 433 g/mol. The number of allylic oxidation sites excluding steroid dienone is 1. The normalized spacial score (nSPS) is 14.7. The fourth-order valence-electron chi connectivity index (χ4n) is 3.56. The van der Waals surface area contributed by atoms with E-state index in [0.717, 1.165) is 4.31 Å². The zero-order chi connectivity index (χ0) is 22.0. The zero-order valence-electron chi connectivity index (χ0n) is 16.8. The van der Waals surface area contributed by atoms with Gasteiger partial charge in [0.2, 0.25) is 11.7 Å². The van der Waals surface area contributed by atoms with E-state index in [1.807, 2.05) is 6.07 Å². The zero-order valence-corrected chi connectivity index (χ0v) is 17.6. The summed E-state index contributed by atoms with van der Waals surface area (Å²) in [6.07, 6.45) is 0. The van der Waals surface area contributed by atoms with Crippen LogP contribution in [0.5, 0.6) is 0 Å². The Labute approximate surface area is 180 Å². The van der Waals surface area contributed by atoms with Crippen LogP contribution in [0.25, 0.3) is 5.70 Å². The molecular formula is C24H20N2O4S. The molecule has 4 rings (SSSR count). The first-order chi connectivity index (χ1) is 14.9. The molecule has 31 heavy (non-hydrogen) atoms. The predicted octanol–water partition coefficient (Wildman–Crippen LogP) is 3.58. The van der Waals surface area contributed by atoms with Gasteiger partial charge in [-0.25, -0.2) is 8.42 Å².